The smallest absolute Gasteiger partial charge is 0.258 e. The fraction of sp³-hybridized carbons (Fsp3) is 0.409. The van der Waals surface area contributed by atoms with Gasteiger partial charge in [-0.2, -0.15) is 0 Å². The number of ether oxygens (including phenoxy) is 2. The van der Waals surface area contributed by atoms with E-state index in [0.717, 1.165) is 16.6 Å². The van der Waals surface area contributed by atoms with Gasteiger partial charge in [-0.15, -0.1) is 0 Å². The Hall–Kier alpha value is -2.05. The van der Waals surface area contributed by atoms with E-state index in [0.29, 0.717) is 18.0 Å². The molecule has 0 saturated heterocycles. The molecule has 2 N–H and O–H groups in total. The summed E-state index contributed by atoms with van der Waals surface area (Å²) in [6.07, 6.45) is 0. The zero-order valence-electron chi connectivity index (χ0n) is 17.2. The fourth-order valence-corrected chi connectivity index (χ4v) is 3.15. The third-order valence-corrected chi connectivity index (χ3v) is 4.74. The highest BCUT2D eigenvalue weighted by Gasteiger charge is 2.18. The molecule has 0 aromatic heterocycles. The maximum atomic E-state index is 12.2. The molecule has 0 unspecified atom stereocenters. The van der Waals surface area contributed by atoms with Gasteiger partial charge in [-0.1, -0.05) is 45.8 Å². The molecule has 0 radical (unpaired) electrons. The van der Waals surface area contributed by atoms with Crippen LogP contribution in [-0.4, -0.2) is 25.2 Å². The molecule has 0 saturated carbocycles. The Morgan fingerprint density at radius 2 is 1.75 bits per heavy atom. The van der Waals surface area contributed by atoms with Crippen molar-refractivity contribution in [3.05, 3.63) is 57.6 Å². The van der Waals surface area contributed by atoms with E-state index in [-0.39, 0.29) is 18.1 Å². The van der Waals surface area contributed by atoms with E-state index < -0.39 is 0 Å². The van der Waals surface area contributed by atoms with Crippen LogP contribution in [0.4, 0.5) is 0 Å². The second kappa shape index (κ2) is 9.94. The number of nitrogens with one attached hydrogen (secondary N) is 2. The van der Waals surface area contributed by atoms with Crippen molar-refractivity contribution in [2.45, 2.75) is 46.3 Å². The van der Waals surface area contributed by atoms with E-state index in [1.807, 2.05) is 32.9 Å². The Balaban J connectivity index is 2.09. The summed E-state index contributed by atoms with van der Waals surface area (Å²) >= 11 is 3.59. The van der Waals surface area contributed by atoms with Gasteiger partial charge < -0.3 is 20.1 Å². The first-order valence-corrected chi connectivity index (χ1v) is 10.0. The van der Waals surface area contributed by atoms with Crippen molar-refractivity contribution >= 4 is 21.8 Å². The van der Waals surface area contributed by atoms with Gasteiger partial charge in [-0.05, 0) is 45.4 Å². The molecule has 2 rings (SSSR count). The molecule has 0 bridgehead atoms. The molecule has 0 aliphatic rings. The molecule has 1 amide bonds. The predicted molar refractivity (Wildman–Crippen MR) is 116 cm³/mol. The molecule has 0 spiro atoms. The van der Waals surface area contributed by atoms with E-state index in [2.05, 4.69) is 57.8 Å². The molecule has 6 heteroatoms. The van der Waals surface area contributed by atoms with Gasteiger partial charge in [0.1, 0.15) is 0 Å². The van der Waals surface area contributed by atoms with Gasteiger partial charge in [0.05, 0.1) is 7.11 Å². The maximum absolute atomic E-state index is 12.2. The number of benzene rings is 2. The quantitative estimate of drug-likeness (QED) is 0.629. The average Bonchev–Trinajstić information content (AvgIpc) is 2.62. The summed E-state index contributed by atoms with van der Waals surface area (Å²) < 4.78 is 12.2. The van der Waals surface area contributed by atoms with Gasteiger partial charge in [-0.3, -0.25) is 4.79 Å². The van der Waals surface area contributed by atoms with Crippen LogP contribution in [0, 0.1) is 6.92 Å². The molecule has 28 heavy (non-hydrogen) atoms. The van der Waals surface area contributed by atoms with E-state index in [1.165, 1.54) is 11.1 Å². The first-order valence-electron chi connectivity index (χ1n) is 9.25. The van der Waals surface area contributed by atoms with Crippen molar-refractivity contribution in [1.29, 1.82) is 0 Å². The molecule has 0 aliphatic carbocycles. The normalized spacial score (nSPS) is 11.2. The number of rotatable bonds is 8. The summed E-state index contributed by atoms with van der Waals surface area (Å²) in [4.78, 5) is 12.2. The summed E-state index contributed by atoms with van der Waals surface area (Å²) in [6.45, 7) is 9.11. The zero-order chi connectivity index (χ0) is 20.7. The fourth-order valence-electron chi connectivity index (χ4n) is 2.70. The minimum atomic E-state index is -0.305. The molecule has 2 aromatic carbocycles. The van der Waals surface area contributed by atoms with Crippen LogP contribution < -0.4 is 20.1 Å². The molecule has 2 aromatic rings. The van der Waals surface area contributed by atoms with Gasteiger partial charge in [0.25, 0.3) is 5.91 Å². The van der Waals surface area contributed by atoms with Gasteiger partial charge in [0, 0.05) is 28.7 Å². The number of hydrogen-bond acceptors (Lipinski definition) is 4. The SMILES string of the molecule is COc1ccc(Br)c(CNCc2ccc(C)cc2)c1OCC(=O)NC(C)(C)C. The largest absolute Gasteiger partial charge is 0.493 e. The third kappa shape index (κ3) is 6.84. The van der Waals surface area contributed by atoms with Crippen LogP contribution in [0.15, 0.2) is 40.9 Å². The van der Waals surface area contributed by atoms with E-state index in [4.69, 9.17) is 9.47 Å². The summed E-state index contributed by atoms with van der Waals surface area (Å²) in [5.74, 6) is 0.990. The van der Waals surface area contributed by atoms with Crippen molar-refractivity contribution in [1.82, 2.24) is 10.6 Å². The number of hydrogen-bond donors (Lipinski definition) is 2. The minimum Gasteiger partial charge on any atom is -0.493 e. The topological polar surface area (TPSA) is 59.6 Å². The van der Waals surface area contributed by atoms with Crippen LogP contribution in [0.1, 0.15) is 37.5 Å². The first-order chi connectivity index (χ1) is 13.2. The Bertz CT molecular complexity index is 799. The van der Waals surface area contributed by atoms with E-state index in [1.54, 1.807) is 7.11 Å². The van der Waals surface area contributed by atoms with Crippen LogP contribution in [-0.2, 0) is 17.9 Å². The number of carbonyl (C=O) groups is 1. The van der Waals surface area contributed by atoms with Crippen molar-refractivity contribution < 1.29 is 14.3 Å². The van der Waals surface area contributed by atoms with E-state index in [9.17, 15) is 4.79 Å². The van der Waals surface area contributed by atoms with Gasteiger partial charge in [0.15, 0.2) is 18.1 Å². The van der Waals surface area contributed by atoms with Crippen LogP contribution in [0.3, 0.4) is 0 Å². The van der Waals surface area contributed by atoms with Gasteiger partial charge >= 0.3 is 0 Å². The first kappa shape index (κ1) is 22.2. The number of methoxy groups -OCH3 is 1. The van der Waals surface area contributed by atoms with Crippen molar-refractivity contribution in [3.8, 4) is 11.5 Å². The van der Waals surface area contributed by atoms with Crippen LogP contribution in [0.2, 0.25) is 0 Å². The minimum absolute atomic E-state index is 0.0744. The third-order valence-electron chi connectivity index (χ3n) is 4.00. The molecule has 0 fully saturated rings. The number of amides is 1. The second-order valence-corrected chi connectivity index (χ2v) is 8.59. The Morgan fingerprint density at radius 3 is 2.36 bits per heavy atom. The Morgan fingerprint density at radius 1 is 1.07 bits per heavy atom. The zero-order valence-corrected chi connectivity index (χ0v) is 18.8. The summed E-state index contributed by atoms with van der Waals surface area (Å²) in [5, 5.41) is 6.33. The lowest BCUT2D eigenvalue weighted by molar-refractivity contribution is -0.124. The molecule has 0 heterocycles. The van der Waals surface area contributed by atoms with E-state index >= 15 is 0 Å². The summed E-state index contributed by atoms with van der Waals surface area (Å²) in [7, 11) is 1.59. The molecular weight excluding hydrogens is 420 g/mol. The predicted octanol–water partition coefficient (Wildman–Crippen LogP) is 4.35. The van der Waals surface area contributed by atoms with Crippen molar-refractivity contribution in [3.63, 3.8) is 0 Å². The van der Waals surface area contributed by atoms with Gasteiger partial charge in [0.2, 0.25) is 0 Å². The monoisotopic (exact) mass is 448 g/mol. The number of aryl methyl sites for hydroxylation is 1. The average molecular weight is 449 g/mol. The summed E-state index contributed by atoms with van der Waals surface area (Å²) in [6, 6.07) is 12.2. The lowest BCUT2D eigenvalue weighted by atomic mass is 10.1. The number of halogens is 1. The standard InChI is InChI=1S/C22H29BrN2O3/c1-15-6-8-16(9-7-15)12-24-13-17-18(23)10-11-19(27-5)21(17)28-14-20(26)25-22(2,3)4/h6-11,24H,12-14H2,1-5H3,(H,25,26). The van der Waals surface area contributed by atoms with Crippen LogP contribution in [0.5, 0.6) is 11.5 Å². The lowest BCUT2D eigenvalue weighted by Gasteiger charge is -2.21. The maximum Gasteiger partial charge on any atom is 0.258 e. The van der Waals surface area contributed by atoms with Crippen LogP contribution >= 0.6 is 15.9 Å². The molecule has 0 atom stereocenters. The van der Waals surface area contributed by atoms with Gasteiger partial charge in [-0.25, -0.2) is 0 Å². The Kier molecular flexibility index (Phi) is 7.89. The van der Waals surface area contributed by atoms with Crippen molar-refractivity contribution in [2.24, 2.45) is 0 Å². The Labute approximate surface area is 175 Å². The molecule has 5 nitrogen and oxygen atoms in total. The molecular formula is C22H29BrN2O3. The van der Waals surface area contributed by atoms with Crippen molar-refractivity contribution in [2.75, 3.05) is 13.7 Å². The number of carbonyl (C=O) groups excluding carboxylic acids is 1. The molecule has 0 aliphatic heterocycles. The second-order valence-electron chi connectivity index (χ2n) is 7.73. The summed E-state index contributed by atoms with van der Waals surface area (Å²) in [5.41, 5.74) is 3.05. The lowest BCUT2D eigenvalue weighted by Crippen LogP contribution is -2.43. The molecule has 152 valence electrons. The van der Waals surface area contributed by atoms with Crippen LogP contribution in [0.25, 0.3) is 0 Å². The highest BCUT2D eigenvalue weighted by atomic mass is 79.9. The highest BCUT2D eigenvalue weighted by molar-refractivity contribution is 9.10. The highest BCUT2D eigenvalue weighted by Crippen LogP contribution is 2.36.